The van der Waals surface area contributed by atoms with Gasteiger partial charge in [0.25, 0.3) is 0 Å². The van der Waals surface area contributed by atoms with Crippen LogP contribution in [0.25, 0.3) is 5.69 Å². The number of hydrogen-bond acceptors (Lipinski definition) is 4. The summed E-state index contributed by atoms with van der Waals surface area (Å²) in [5.41, 5.74) is 3.55. The van der Waals surface area contributed by atoms with E-state index in [1.807, 2.05) is 48.2 Å². The zero-order valence-electron chi connectivity index (χ0n) is 22.6. The minimum atomic E-state index is -4.51. The summed E-state index contributed by atoms with van der Waals surface area (Å²) in [5, 5.41) is 6.60. The molecule has 1 aliphatic rings. The minimum Gasteiger partial charge on any atom is -0.375 e. The molecule has 0 saturated carbocycles. The van der Waals surface area contributed by atoms with Gasteiger partial charge in [-0.3, -0.25) is 9.78 Å². The van der Waals surface area contributed by atoms with E-state index in [1.165, 1.54) is 19.2 Å². The standard InChI is InChI=1S/C30H28F3N5O2S/c1-18-16-22(19(2)37(18)25-10-5-4-8-23(25)30(31,32)33)28-27(24-9-6-7-15-34-24)36-29(41)38(28)21-13-11-20(12-14-21)35-26(39)17-40-3/h4-16,27-28H,17H2,1-3H3,(H,35,39)(H,36,41)/t27-,28+/m0/s1. The van der Waals surface area contributed by atoms with Gasteiger partial charge >= 0.3 is 6.18 Å². The number of nitrogens with zero attached hydrogens (tertiary/aromatic N) is 3. The molecule has 7 nitrogen and oxygen atoms in total. The molecule has 2 N–H and O–H groups in total. The van der Waals surface area contributed by atoms with Gasteiger partial charge in [0.2, 0.25) is 5.91 Å². The first-order chi connectivity index (χ1) is 19.6. The van der Waals surface area contributed by atoms with Crippen molar-refractivity contribution in [2.45, 2.75) is 32.1 Å². The second kappa shape index (κ2) is 11.3. The Bertz CT molecular complexity index is 1570. The lowest BCUT2D eigenvalue weighted by atomic mass is 9.96. The number of nitrogens with one attached hydrogen (secondary N) is 2. The third-order valence-corrected chi connectivity index (χ3v) is 7.36. The first kappa shape index (κ1) is 28.3. The number of benzene rings is 2. The lowest BCUT2D eigenvalue weighted by Gasteiger charge is -2.28. The van der Waals surface area contributed by atoms with E-state index >= 15 is 0 Å². The Labute approximate surface area is 241 Å². The highest BCUT2D eigenvalue weighted by atomic mass is 32.1. The number of carbonyl (C=O) groups is 1. The van der Waals surface area contributed by atoms with Crippen LogP contribution in [0.4, 0.5) is 24.5 Å². The summed E-state index contributed by atoms with van der Waals surface area (Å²) in [6.07, 6.45) is -2.82. The molecule has 5 rings (SSSR count). The van der Waals surface area contributed by atoms with E-state index in [1.54, 1.807) is 35.9 Å². The summed E-state index contributed by atoms with van der Waals surface area (Å²) < 4.78 is 48.5. The molecule has 2 aromatic heterocycles. The maximum Gasteiger partial charge on any atom is 0.418 e. The van der Waals surface area contributed by atoms with Gasteiger partial charge in [-0.05, 0) is 86.2 Å². The highest BCUT2D eigenvalue weighted by Gasteiger charge is 2.43. The fraction of sp³-hybridized carbons (Fsp3) is 0.233. The smallest absolute Gasteiger partial charge is 0.375 e. The predicted molar refractivity (Wildman–Crippen MR) is 155 cm³/mol. The van der Waals surface area contributed by atoms with Crippen LogP contribution in [-0.4, -0.2) is 34.3 Å². The zero-order valence-corrected chi connectivity index (χ0v) is 23.4. The maximum absolute atomic E-state index is 14.0. The fourth-order valence-corrected chi connectivity index (χ4v) is 5.69. The molecule has 3 heterocycles. The third-order valence-electron chi connectivity index (χ3n) is 7.04. The minimum absolute atomic E-state index is 0.0619. The molecule has 212 valence electrons. The number of para-hydroxylation sites is 1. The normalized spacial score (nSPS) is 17.0. The van der Waals surface area contributed by atoms with Crippen molar-refractivity contribution in [3.05, 3.63) is 107 Å². The summed E-state index contributed by atoms with van der Waals surface area (Å²) in [5.74, 6) is -0.279. The summed E-state index contributed by atoms with van der Waals surface area (Å²) in [7, 11) is 1.45. The number of aryl methyl sites for hydroxylation is 1. The van der Waals surface area contributed by atoms with Crippen molar-refractivity contribution >= 4 is 34.6 Å². The molecule has 0 unspecified atom stereocenters. The van der Waals surface area contributed by atoms with Crippen LogP contribution in [0.15, 0.2) is 79.0 Å². The molecule has 0 aliphatic carbocycles. The number of ether oxygens (including phenoxy) is 1. The van der Waals surface area contributed by atoms with E-state index in [0.717, 1.165) is 23.0 Å². The SMILES string of the molecule is COCC(=O)Nc1ccc(N2C(=S)N[C@@H](c3ccccn3)[C@H]2c2cc(C)n(-c3ccccc3C(F)(F)F)c2C)cc1. The number of rotatable bonds is 7. The maximum atomic E-state index is 14.0. The summed E-state index contributed by atoms with van der Waals surface area (Å²) in [4.78, 5) is 18.5. The van der Waals surface area contributed by atoms with Crippen molar-refractivity contribution < 1.29 is 22.7 Å². The number of alkyl halides is 3. The van der Waals surface area contributed by atoms with Gasteiger partial charge in [-0.25, -0.2) is 0 Å². The van der Waals surface area contributed by atoms with Crippen LogP contribution in [-0.2, 0) is 15.7 Å². The van der Waals surface area contributed by atoms with Gasteiger partial charge in [0.1, 0.15) is 6.61 Å². The first-order valence-corrected chi connectivity index (χ1v) is 13.3. The Morgan fingerprint density at radius 1 is 1.07 bits per heavy atom. The summed E-state index contributed by atoms with van der Waals surface area (Å²) in [6.45, 7) is 3.55. The average molecular weight is 580 g/mol. The van der Waals surface area contributed by atoms with Gasteiger partial charge in [-0.15, -0.1) is 0 Å². The second-order valence-corrected chi connectivity index (χ2v) is 10.1. The Morgan fingerprint density at radius 3 is 2.44 bits per heavy atom. The molecule has 41 heavy (non-hydrogen) atoms. The van der Waals surface area contributed by atoms with E-state index < -0.39 is 17.8 Å². The molecule has 4 aromatic rings. The fourth-order valence-electron chi connectivity index (χ4n) is 5.35. The van der Waals surface area contributed by atoms with Crippen LogP contribution in [0.2, 0.25) is 0 Å². The number of hydrogen-bond donors (Lipinski definition) is 2. The van der Waals surface area contributed by atoms with E-state index in [2.05, 4.69) is 15.6 Å². The van der Waals surface area contributed by atoms with Crippen LogP contribution in [0.1, 0.15) is 40.3 Å². The Balaban J connectivity index is 1.61. The van der Waals surface area contributed by atoms with Gasteiger partial charge in [-0.2, -0.15) is 13.2 Å². The molecular weight excluding hydrogens is 551 g/mol. The highest BCUT2D eigenvalue weighted by molar-refractivity contribution is 7.80. The van der Waals surface area contributed by atoms with Crippen molar-refractivity contribution in [1.82, 2.24) is 14.9 Å². The number of carbonyl (C=O) groups excluding carboxylic acids is 1. The number of amides is 1. The Hall–Kier alpha value is -4.22. The van der Waals surface area contributed by atoms with Gasteiger partial charge in [0, 0.05) is 36.1 Å². The predicted octanol–water partition coefficient (Wildman–Crippen LogP) is 6.27. The van der Waals surface area contributed by atoms with Crippen LogP contribution in [0, 0.1) is 13.8 Å². The van der Waals surface area contributed by atoms with Crippen molar-refractivity contribution in [3.8, 4) is 5.69 Å². The number of halogens is 3. The number of thiocarbonyl (C=S) groups is 1. The average Bonchev–Trinajstić information content (AvgIpc) is 3.44. The van der Waals surface area contributed by atoms with Gasteiger partial charge in [-0.1, -0.05) is 18.2 Å². The molecule has 11 heteroatoms. The summed E-state index contributed by atoms with van der Waals surface area (Å²) in [6, 6.07) is 19.5. The molecular formula is C30H28F3N5O2S. The van der Waals surface area contributed by atoms with E-state index in [9.17, 15) is 18.0 Å². The van der Waals surface area contributed by atoms with Gasteiger partial charge < -0.3 is 24.8 Å². The van der Waals surface area contributed by atoms with Crippen LogP contribution in [0.5, 0.6) is 0 Å². The van der Waals surface area contributed by atoms with Crippen LogP contribution >= 0.6 is 12.2 Å². The van der Waals surface area contributed by atoms with E-state index in [0.29, 0.717) is 22.2 Å². The van der Waals surface area contributed by atoms with Crippen LogP contribution < -0.4 is 15.5 Å². The van der Waals surface area contributed by atoms with Crippen molar-refractivity contribution in [3.63, 3.8) is 0 Å². The Morgan fingerprint density at radius 2 is 1.78 bits per heavy atom. The van der Waals surface area contributed by atoms with E-state index in [4.69, 9.17) is 17.0 Å². The molecule has 2 aromatic carbocycles. The molecule has 1 aliphatic heterocycles. The first-order valence-electron chi connectivity index (χ1n) is 12.8. The molecule has 0 bridgehead atoms. The topological polar surface area (TPSA) is 71.4 Å². The van der Waals surface area contributed by atoms with Gasteiger partial charge in [0.15, 0.2) is 5.11 Å². The quantitative estimate of drug-likeness (QED) is 0.252. The third kappa shape index (κ3) is 5.55. The number of anilines is 2. The zero-order chi connectivity index (χ0) is 29.3. The van der Waals surface area contributed by atoms with E-state index in [-0.39, 0.29) is 24.2 Å². The lowest BCUT2D eigenvalue weighted by Crippen LogP contribution is -2.29. The molecule has 1 fully saturated rings. The summed E-state index contributed by atoms with van der Waals surface area (Å²) >= 11 is 5.81. The highest BCUT2D eigenvalue weighted by Crippen LogP contribution is 2.44. The molecule has 0 radical (unpaired) electrons. The molecule has 1 saturated heterocycles. The number of methoxy groups -OCH3 is 1. The Kier molecular flexibility index (Phi) is 7.83. The molecule has 1 amide bonds. The van der Waals surface area contributed by atoms with Crippen molar-refractivity contribution in [1.29, 1.82) is 0 Å². The van der Waals surface area contributed by atoms with Crippen LogP contribution in [0.3, 0.4) is 0 Å². The monoisotopic (exact) mass is 579 g/mol. The van der Waals surface area contributed by atoms with Crippen molar-refractivity contribution in [2.24, 2.45) is 0 Å². The van der Waals surface area contributed by atoms with Gasteiger partial charge in [0.05, 0.1) is 29.0 Å². The number of pyridine rings is 1. The molecule has 0 spiro atoms. The number of aromatic nitrogens is 2. The molecule has 2 atom stereocenters. The largest absolute Gasteiger partial charge is 0.418 e. The second-order valence-electron chi connectivity index (χ2n) is 9.70. The lowest BCUT2D eigenvalue weighted by molar-refractivity contribution is -0.137. The van der Waals surface area contributed by atoms with Crippen molar-refractivity contribution in [2.75, 3.05) is 23.9 Å².